The van der Waals surface area contributed by atoms with Gasteiger partial charge >= 0.3 is 5.97 Å². The van der Waals surface area contributed by atoms with E-state index in [0.717, 1.165) is 16.8 Å². The van der Waals surface area contributed by atoms with E-state index in [9.17, 15) is 9.59 Å². The number of hydrogen-bond acceptors (Lipinski definition) is 5. The molecule has 0 aliphatic heterocycles. The van der Waals surface area contributed by atoms with Crippen LogP contribution in [0.15, 0.2) is 72.9 Å². The van der Waals surface area contributed by atoms with Crippen LogP contribution >= 0.6 is 0 Å². The van der Waals surface area contributed by atoms with Crippen molar-refractivity contribution in [3.8, 4) is 17.0 Å². The molecule has 6 heteroatoms. The van der Waals surface area contributed by atoms with Gasteiger partial charge in [0.05, 0.1) is 37.4 Å². The SMILES string of the molecule is CCOC(=O)CC(NC(=O)c1ccc(-c2ccccc2)nc1)c1ccc(OC)cc1. The van der Waals surface area contributed by atoms with Gasteiger partial charge < -0.3 is 14.8 Å². The summed E-state index contributed by atoms with van der Waals surface area (Å²) in [6.45, 7) is 2.03. The lowest BCUT2D eigenvalue weighted by atomic mass is 10.0. The zero-order valence-corrected chi connectivity index (χ0v) is 17.0. The van der Waals surface area contributed by atoms with Crippen LogP contribution in [-0.2, 0) is 9.53 Å². The van der Waals surface area contributed by atoms with E-state index in [0.29, 0.717) is 11.3 Å². The Morgan fingerprint density at radius 2 is 1.73 bits per heavy atom. The maximum absolute atomic E-state index is 12.8. The van der Waals surface area contributed by atoms with Crippen LogP contribution in [0.5, 0.6) is 5.75 Å². The second-order valence-corrected chi connectivity index (χ2v) is 6.61. The summed E-state index contributed by atoms with van der Waals surface area (Å²) in [4.78, 5) is 29.3. The molecule has 0 aliphatic carbocycles. The standard InChI is InChI=1S/C24H24N2O4/c1-3-30-23(27)15-22(18-9-12-20(29-2)13-10-18)26-24(28)19-11-14-21(25-16-19)17-7-5-4-6-8-17/h4-14,16,22H,3,15H2,1-2H3,(H,26,28). The number of amides is 1. The van der Waals surface area contributed by atoms with Gasteiger partial charge in [0.15, 0.2) is 0 Å². The molecule has 154 valence electrons. The van der Waals surface area contributed by atoms with E-state index in [-0.39, 0.29) is 24.9 Å². The maximum Gasteiger partial charge on any atom is 0.308 e. The molecule has 1 heterocycles. The van der Waals surface area contributed by atoms with Gasteiger partial charge in [-0.25, -0.2) is 0 Å². The highest BCUT2D eigenvalue weighted by Gasteiger charge is 2.20. The fourth-order valence-corrected chi connectivity index (χ4v) is 3.02. The van der Waals surface area contributed by atoms with E-state index in [4.69, 9.17) is 9.47 Å². The number of carbonyl (C=O) groups is 2. The van der Waals surface area contributed by atoms with Gasteiger partial charge in [-0.15, -0.1) is 0 Å². The van der Waals surface area contributed by atoms with Crippen molar-refractivity contribution in [3.63, 3.8) is 0 Å². The van der Waals surface area contributed by atoms with E-state index in [1.54, 1.807) is 38.3 Å². The Morgan fingerprint density at radius 3 is 2.33 bits per heavy atom. The molecule has 30 heavy (non-hydrogen) atoms. The largest absolute Gasteiger partial charge is 0.497 e. The zero-order valence-electron chi connectivity index (χ0n) is 17.0. The second-order valence-electron chi connectivity index (χ2n) is 6.61. The lowest BCUT2D eigenvalue weighted by Crippen LogP contribution is -2.30. The van der Waals surface area contributed by atoms with Crippen molar-refractivity contribution in [3.05, 3.63) is 84.1 Å². The Labute approximate surface area is 175 Å². The summed E-state index contributed by atoms with van der Waals surface area (Å²) in [7, 11) is 1.58. The van der Waals surface area contributed by atoms with Gasteiger partial charge in [0.1, 0.15) is 5.75 Å². The van der Waals surface area contributed by atoms with Gasteiger partial charge in [-0.2, -0.15) is 0 Å². The molecule has 3 rings (SSSR count). The molecule has 0 saturated heterocycles. The topological polar surface area (TPSA) is 77.5 Å². The Kier molecular flexibility index (Phi) is 7.16. The molecular weight excluding hydrogens is 380 g/mol. The molecule has 0 fully saturated rings. The van der Waals surface area contributed by atoms with Crippen molar-refractivity contribution >= 4 is 11.9 Å². The lowest BCUT2D eigenvalue weighted by Gasteiger charge is -2.19. The smallest absolute Gasteiger partial charge is 0.308 e. The third-order valence-electron chi connectivity index (χ3n) is 4.59. The van der Waals surface area contributed by atoms with Crippen LogP contribution in [0.1, 0.15) is 35.3 Å². The van der Waals surface area contributed by atoms with E-state index in [2.05, 4.69) is 10.3 Å². The normalized spacial score (nSPS) is 11.4. The minimum absolute atomic E-state index is 0.0292. The fourth-order valence-electron chi connectivity index (χ4n) is 3.02. The van der Waals surface area contributed by atoms with Gasteiger partial charge in [-0.3, -0.25) is 14.6 Å². The number of esters is 1. The van der Waals surface area contributed by atoms with Crippen molar-refractivity contribution < 1.29 is 19.1 Å². The number of pyridine rings is 1. The van der Waals surface area contributed by atoms with E-state index < -0.39 is 6.04 Å². The van der Waals surface area contributed by atoms with Gasteiger partial charge in [-0.05, 0) is 36.8 Å². The third-order valence-corrected chi connectivity index (χ3v) is 4.59. The van der Waals surface area contributed by atoms with E-state index >= 15 is 0 Å². The molecule has 1 unspecified atom stereocenters. The number of aromatic nitrogens is 1. The van der Waals surface area contributed by atoms with Crippen LogP contribution in [0.25, 0.3) is 11.3 Å². The first kappa shape index (κ1) is 21.0. The Hall–Kier alpha value is -3.67. The predicted molar refractivity (Wildman–Crippen MR) is 114 cm³/mol. The zero-order chi connectivity index (χ0) is 21.3. The lowest BCUT2D eigenvalue weighted by molar-refractivity contribution is -0.143. The number of nitrogens with one attached hydrogen (secondary N) is 1. The number of carbonyl (C=O) groups excluding carboxylic acids is 2. The van der Waals surface area contributed by atoms with Crippen molar-refractivity contribution in [2.45, 2.75) is 19.4 Å². The Balaban J connectivity index is 1.76. The summed E-state index contributed by atoms with van der Waals surface area (Å²) >= 11 is 0. The summed E-state index contributed by atoms with van der Waals surface area (Å²) in [5.41, 5.74) is 2.95. The summed E-state index contributed by atoms with van der Waals surface area (Å²) in [6.07, 6.45) is 1.56. The summed E-state index contributed by atoms with van der Waals surface area (Å²) < 4.78 is 10.2. The fraction of sp³-hybridized carbons (Fsp3) is 0.208. The molecule has 1 atom stereocenters. The van der Waals surface area contributed by atoms with Gasteiger partial charge in [0.25, 0.3) is 5.91 Å². The summed E-state index contributed by atoms with van der Waals surface area (Å²) in [5.74, 6) is 0.00376. The second kappa shape index (κ2) is 10.2. The van der Waals surface area contributed by atoms with Crippen LogP contribution in [0.3, 0.4) is 0 Å². The number of benzene rings is 2. The first-order valence-electron chi connectivity index (χ1n) is 9.72. The van der Waals surface area contributed by atoms with Crippen molar-refractivity contribution in [1.82, 2.24) is 10.3 Å². The van der Waals surface area contributed by atoms with Crippen LogP contribution in [0.4, 0.5) is 0 Å². The number of methoxy groups -OCH3 is 1. The molecule has 1 amide bonds. The number of nitrogens with zero attached hydrogens (tertiary/aromatic N) is 1. The minimum atomic E-state index is -0.531. The molecule has 0 aliphatic rings. The van der Waals surface area contributed by atoms with Gasteiger partial charge in [-0.1, -0.05) is 42.5 Å². The molecule has 0 spiro atoms. The molecule has 3 aromatic rings. The van der Waals surface area contributed by atoms with E-state index in [1.165, 1.54) is 6.20 Å². The molecular formula is C24H24N2O4. The van der Waals surface area contributed by atoms with Crippen molar-refractivity contribution in [1.29, 1.82) is 0 Å². The van der Waals surface area contributed by atoms with Gasteiger partial charge in [0.2, 0.25) is 0 Å². The number of rotatable bonds is 8. The van der Waals surface area contributed by atoms with Crippen LogP contribution in [0.2, 0.25) is 0 Å². The summed E-state index contributed by atoms with van der Waals surface area (Å²) in [6, 6.07) is 19.9. The molecule has 6 nitrogen and oxygen atoms in total. The van der Waals surface area contributed by atoms with Crippen LogP contribution < -0.4 is 10.1 Å². The summed E-state index contributed by atoms with van der Waals surface area (Å²) in [5, 5.41) is 2.92. The molecule has 2 aromatic carbocycles. The average molecular weight is 404 g/mol. The predicted octanol–water partition coefficient (Wildman–Crippen LogP) is 4.18. The van der Waals surface area contributed by atoms with E-state index in [1.807, 2.05) is 42.5 Å². The highest BCUT2D eigenvalue weighted by atomic mass is 16.5. The molecule has 0 radical (unpaired) electrons. The minimum Gasteiger partial charge on any atom is -0.497 e. The highest BCUT2D eigenvalue weighted by molar-refractivity contribution is 5.94. The Bertz CT molecular complexity index is 970. The first-order chi connectivity index (χ1) is 14.6. The number of ether oxygens (including phenoxy) is 2. The third kappa shape index (κ3) is 5.44. The van der Waals surface area contributed by atoms with Crippen LogP contribution in [-0.4, -0.2) is 30.6 Å². The molecule has 1 aromatic heterocycles. The van der Waals surface area contributed by atoms with Crippen molar-refractivity contribution in [2.24, 2.45) is 0 Å². The Morgan fingerprint density at radius 1 is 1.00 bits per heavy atom. The van der Waals surface area contributed by atoms with Crippen LogP contribution in [0, 0.1) is 0 Å². The first-order valence-corrected chi connectivity index (χ1v) is 9.72. The number of hydrogen-bond donors (Lipinski definition) is 1. The quantitative estimate of drug-likeness (QED) is 0.570. The van der Waals surface area contributed by atoms with Crippen molar-refractivity contribution in [2.75, 3.05) is 13.7 Å². The van der Waals surface area contributed by atoms with Gasteiger partial charge in [0, 0.05) is 11.8 Å². The molecule has 0 saturated carbocycles. The average Bonchev–Trinajstić information content (AvgIpc) is 2.79. The monoisotopic (exact) mass is 404 g/mol. The molecule has 0 bridgehead atoms. The highest BCUT2D eigenvalue weighted by Crippen LogP contribution is 2.22. The maximum atomic E-state index is 12.8. The molecule has 1 N–H and O–H groups in total.